The Kier molecular flexibility index (Phi) is 6.42. The molecule has 4 heteroatoms. The second-order valence-corrected chi connectivity index (χ2v) is 5.21. The van der Waals surface area contributed by atoms with E-state index in [1.165, 1.54) is 5.56 Å². The first-order valence-corrected chi connectivity index (χ1v) is 7.69. The van der Waals surface area contributed by atoms with Crippen molar-refractivity contribution in [1.29, 1.82) is 0 Å². The first kappa shape index (κ1) is 16.0. The Morgan fingerprint density at radius 2 is 1.86 bits per heavy atom. The Morgan fingerprint density at radius 1 is 1.05 bits per heavy atom. The van der Waals surface area contributed by atoms with Crippen LogP contribution < -0.4 is 10.6 Å². The third kappa shape index (κ3) is 5.56. The van der Waals surface area contributed by atoms with Crippen molar-refractivity contribution in [3.8, 4) is 0 Å². The Balaban J connectivity index is 1.69. The van der Waals surface area contributed by atoms with Crippen molar-refractivity contribution in [2.24, 2.45) is 4.99 Å². The number of hydrogen-bond donors (Lipinski definition) is 2. The molecule has 1 aromatic heterocycles. The largest absolute Gasteiger partial charge is 0.356 e. The molecule has 2 rings (SSSR count). The van der Waals surface area contributed by atoms with Crippen LogP contribution in [0.2, 0.25) is 0 Å². The summed E-state index contributed by atoms with van der Waals surface area (Å²) < 4.78 is 0. The lowest BCUT2D eigenvalue weighted by atomic mass is 10.1. The Hall–Kier alpha value is -2.36. The van der Waals surface area contributed by atoms with Crippen LogP contribution in [0.3, 0.4) is 0 Å². The summed E-state index contributed by atoms with van der Waals surface area (Å²) in [6, 6.07) is 16.6. The minimum Gasteiger partial charge on any atom is -0.356 e. The van der Waals surface area contributed by atoms with Crippen LogP contribution in [0.4, 0.5) is 0 Å². The second-order valence-electron chi connectivity index (χ2n) is 5.21. The smallest absolute Gasteiger partial charge is 0.191 e. The molecule has 0 aliphatic carbocycles. The number of nitrogens with one attached hydrogen (secondary N) is 2. The van der Waals surface area contributed by atoms with Crippen molar-refractivity contribution in [3.63, 3.8) is 0 Å². The molecule has 0 fully saturated rings. The molecule has 0 bridgehead atoms. The van der Waals surface area contributed by atoms with Crippen LogP contribution in [-0.2, 0) is 13.0 Å². The number of aliphatic imine (C=N–C) groups is 1. The monoisotopic (exact) mass is 296 g/mol. The van der Waals surface area contributed by atoms with Gasteiger partial charge >= 0.3 is 0 Å². The van der Waals surface area contributed by atoms with Crippen LogP contribution in [0.5, 0.6) is 0 Å². The van der Waals surface area contributed by atoms with Gasteiger partial charge in [-0.1, -0.05) is 36.4 Å². The average Bonchev–Trinajstić information content (AvgIpc) is 2.55. The standard InChI is InChI=1S/C18H24N4/c1-15-8-6-12-17(22-15)14-21-18(19-2)20-13-7-11-16-9-4-3-5-10-16/h3-6,8-10,12H,7,11,13-14H2,1-2H3,(H2,19,20,21). The molecule has 0 aliphatic heterocycles. The van der Waals surface area contributed by atoms with Crippen LogP contribution in [0.15, 0.2) is 53.5 Å². The third-order valence-corrected chi connectivity index (χ3v) is 3.38. The van der Waals surface area contributed by atoms with Gasteiger partial charge in [-0.15, -0.1) is 0 Å². The van der Waals surface area contributed by atoms with Crippen molar-refractivity contribution in [2.45, 2.75) is 26.3 Å². The molecule has 0 saturated carbocycles. The molecule has 116 valence electrons. The lowest BCUT2D eigenvalue weighted by molar-refractivity contribution is 0.737. The maximum Gasteiger partial charge on any atom is 0.191 e. The van der Waals surface area contributed by atoms with E-state index in [0.29, 0.717) is 6.54 Å². The predicted molar refractivity (Wildman–Crippen MR) is 91.9 cm³/mol. The normalized spacial score (nSPS) is 11.3. The molecule has 22 heavy (non-hydrogen) atoms. The van der Waals surface area contributed by atoms with Crippen LogP contribution in [-0.4, -0.2) is 24.5 Å². The van der Waals surface area contributed by atoms with Crippen molar-refractivity contribution in [3.05, 3.63) is 65.5 Å². The molecule has 2 N–H and O–H groups in total. The summed E-state index contributed by atoms with van der Waals surface area (Å²) >= 11 is 0. The molecule has 1 heterocycles. The zero-order valence-electron chi connectivity index (χ0n) is 13.3. The van der Waals surface area contributed by atoms with Crippen molar-refractivity contribution in [2.75, 3.05) is 13.6 Å². The van der Waals surface area contributed by atoms with Gasteiger partial charge in [0.2, 0.25) is 0 Å². The van der Waals surface area contributed by atoms with Gasteiger partial charge in [-0.3, -0.25) is 9.98 Å². The van der Waals surface area contributed by atoms with Gasteiger partial charge in [0.15, 0.2) is 5.96 Å². The Morgan fingerprint density at radius 3 is 2.59 bits per heavy atom. The summed E-state index contributed by atoms with van der Waals surface area (Å²) in [5.41, 5.74) is 3.42. The topological polar surface area (TPSA) is 49.3 Å². The number of benzene rings is 1. The maximum absolute atomic E-state index is 4.47. The van der Waals surface area contributed by atoms with Gasteiger partial charge < -0.3 is 10.6 Å². The number of rotatable bonds is 6. The summed E-state index contributed by atoms with van der Waals surface area (Å²) in [5, 5.41) is 6.62. The molecular weight excluding hydrogens is 272 g/mol. The third-order valence-electron chi connectivity index (χ3n) is 3.38. The first-order valence-electron chi connectivity index (χ1n) is 7.69. The summed E-state index contributed by atoms with van der Waals surface area (Å²) in [6.07, 6.45) is 2.15. The highest BCUT2D eigenvalue weighted by atomic mass is 15.2. The van der Waals surface area contributed by atoms with E-state index in [1.807, 2.05) is 31.2 Å². The summed E-state index contributed by atoms with van der Waals surface area (Å²) in [6.45, 7) is 3.58. The highest BCUT2D eigenvalue weighted by Gasteiger charge is 1.99. The van der Waals surface area contributed by atoms with E-state index in [-0.39, 0.29) is 0 Å². The number of hydrogen-bond acceptors (Lipinski definition) is 2. The van der Waals surface area contributed by atoms with E-state index in [9.17, 15) is 0 Å². The fourth-order valence-electron chi connectivity index (χ4n) is 2.24. The van der Waals surface area contributed by atoms with Gasteiger partial charge in [0.1, 0.15) is 0 Å². The molecule has 0 atom stereocenters. The summed E-state index contributed by atoms with van der Waals surface area (Å²) in [4.78, 5) is 8.71. The highest BCUT2D eigenvalue weighted by Crippen LogP contribution is 2.01. The van der Waals surface area contributed by atoms with Crippen molar-refractivity contribution in [1.82, 2.24) is 15.6 Å². The second kappa shape index (κ2) is 8.82. The molecule has 0 saturated heterocycles. The first-order chi connectivity index (χ1) is 10.8. The van der Waals surface area contributed by atoms with Gasteiger partial charge in [0.05, 0.1) is 12.2 Å². The maximum atomic E-state index is 4.47. The minimum atomic E-state index is 0.681. The van der Waals surface area contributed by atoms with Gasteiger partial charge in [-0.05, 0) is 37.5 Å². The average molecular weight is 296 g/mol. The van der Waals surface area contributed by atoms with Crippen LogP contribution in [0.25, 0.3) is 0 Å². The summed E-state index contributed by atoms with van der Waals surface area (Å²) in [7, 11) is 1.79. The number of pyridine rings is 1. The number of aryl methyl sites for hydroxylation is 2. The Bertz CT molecular complexity index is 593. The fourth-order valence-corrected chi connectivity index (χ4v) is 2.24. The van der Waals surface area contributed by atoms with E-state index < -0.39 is 0 Å². The van der Waals surface area contributed by atoms with E-state index in [4.69, 9.17) is 0 Å². The zero-order valence-corrected chi connectivity index (χ0v) is 13.3. The lowest BCUT2D eigenvalue weighted by Gasteiger charge is -2.11. The van der Waals surface area contributed by atoms with E-state index in [2.05, 4.69) is 44.9 Å². The number of guanidine groups is 1. The molecule has 0 spiro atoms. The van der Waals surface area contributed by atoms with Gasteiger partial charge in [0, 0.05) is 19.3 Å². The molecule has 0 aliphatic rings. The highest BCUT2D eigenvalue weighted by molar-refractivity contribution is 5.79. The molecule has 0 radical (unpaired) electrons. The van der Waals surface area contributed by atoms with E-state index in [1.54, 1.807) is 7.05 Å². The van der Waals surface area contributed by atoms with Crippen LogP contribution in [0.1, 0.15) is 23.4 Å². The predicted octanol–water partition coefficient (Wildman–Crippen LogP) is 2.69. The van der Waals surface area contributed by atoms with Gasteiger partial charge in [-0.25, -0.2) is 0 Å². The van der Waals surface area contributed by atoms with E-state index in [0.717, 1.165) is 36.7 Å². The quantitative estimate of drug-likeness (QED) is 0.489. The van der Waals surface area contributed by atoms with Crippen LogP contribution >= 0.6 is 0 Å². The molecular formula is C18H24N4. The molecule has 0 unspecified atom stereocenters. The minimum absolute atomic E-state index is 0.681. The Labute approximate surface area is 132 Å². The van der Waals surface area contributed by atoms with E-state index >= 15 is 0 Å². The SMILES string of the molecule is CN=C(NCCCc1ccccc1)NCc1cccc(C)n1. The molecule has 4 nitrogen and oxygen atoms in total. The lowest BCUT2D eigenvalue weighted by Crippen LogP contribution is -2.37. The van der Waals surface area contributed by atoms with Crippen LogP contribution in [0, 0.1) is 6.92 Å². The molecule has 0 amide bonds. The zero-order chi connectivity index (χ0) is 15.6. The molecule has 1 aromatic carbocycles. The fraction of sp³-hybridized carbons (Fsp3) is 0.333. The van der Waals surface area contributed by atoms with Gasteiger partial charge in [0.25, 0.3) is 0 Å². The van der Waals surface area contributed by atoms with Crippen molar-refractivity contribution >= 4 is 5.96 Å². The molecule has 2 aromatic rings. The van der Waals surface area contributed by atoms with Crippen molar-refractivity contribution < 1.29 is 0 Å². The van der Waals surface area contributed by atoms with Gasteiger partial charge in [-0.2, -0.15) is 0 Å². The number of nitrogens with zero attached hydrogens (tertiary/aromatic N) is 2. The number of aromatic nitrogens is 1. The summed E-state index contributed by atoms with van der Waals surface area (Å²) in [5.74, 6) is 0.816.